The van der Waals surface area contributed by atoms with E-state index in [-0.39, 0.29) is 18.1 Å². The molecule has 0 spiro atoms. The smallest absolute Gasteiger partial charge is 0.338 e. The van der Waals surface area contributed by atoms with Gasteiger partial charge in [0.05, 0.1) is 11.3 Å². The molecule has 0 atom stereocenters. The molecule has 2 heterocycles. The van der Waals surface area contributed by atoms with Gasteiger partial charge in [-0.3, -0.25) is 9.59 Å². The molecule has 9 heteroatoms. The largest absolute Gasteiger partial charge is 0.456 e. The first kappa shape index (κ1) is 21.4. The molecule has 1 amide bonds. The predicted octanol–water partition coefficient (Wildman–Crippen LogP) is 3.63. The lowest BCUT2D eigenvalue weighted by Gasteiger charge is -2.07. The van der Waals surface area contributed by atoms with Crippen molar-refractivity contribution in [3.63, 3.8) is 0 Å². The van der Waals surface area contributed by atoms with Crippen LogP contribution in [0.25, 0.3) is 4.96 Å². The van der Waals surface area contributed by atoms with Crippen LogP contribution in [-0.4, -0.2) is 26.5 Å². The Morgan fingerprint density at radius 1 is 1.06 bits per heavy atom. The fraction of sp³-hybridized carbons (Fsp3) is 0.174. The minimum atomic E-state index is -0.554. The number of hydrogen-bond acceptors (Lipinski definition) is 7. The number of nitrogens with zero attached hydrogens (tertiary/aromatic N) is 3. The van der Waals surface area contributed by atoms with E-state index in [4.69, 9.17) is 4.74 Å². The molecule has 4 rings (SSSR count). The highest BCUT2D eigenvalue weighted by Gasteiger charge is 2.12. The highest BCUT2D eigenvalue weighted by molar-refractivity contribution is 7.16. The number of aryl methyl sites for hydroxylation is 2. The number of fused-ring (bicyclic) bond motifs is 1. The summed E-state index contributed by atoms with van der Waals surface area (Å²) in [5.74, 6) is -0.788. The van der Waals surface area contributed by atoms with E-state index in [9.17, 15) is 14.4 Å². The first-order valence-electron chi connectivity index (χ1n) is 9.97. The van der Waals surface area contributed by atoms with Crippen LogP contribution in [0, 0.1) is 6.92 Å². The van der Waals surface area contributed by atoms with Gasteiger partial charge in [-0.25, -0.2) is 9.78 Å². The van der Waals surface area contributed by atoms with Crippen molar-refractivity contribution in [2.24, 2.45) is 0 Å². The lowest BCUT2D eigenvalue weighted by atomic mass is 10.1. The number of carbonyl (C=O) groups excluding carboxylic acids is 2. The van der Waals surface area contributed by atoms with Crippen LogP contribution in [0.5, 0.6) is 0 Å². The van der Waals surface area contributed by atoms with Crippen molar-refractivity contribution >= 4 is 33.9 Å². The van der Waals surface area contributed by atoms with Gasteiger partial charge in [0.2, 0.25) is 4.96 Å². The van der Waals surface area contributed by atoms with Crippen molar-refractivity contribution in [3.8, 4) is 0 Å². The number of amides is 1. The van der Waals surface area contributed by atoms with Crippen LogP contribution < -0.4 is 10.9 Å². The van der Waals surface area contributed by atoms with Crippen LogP contribution in [0.3, 0.4) is 0 Å². The molecule has 0 aliphatic carbocycles. The highest BCUT2D eigenvalue weighted by Crippen LogP contribution is 2.15. The second-order valence-corrected chi connectivity index (χ2v) is 8.14. The molecule has 0 radical (unpaired) electrons. The summed E-state index contributed by atoms with van der Waals surface area (Å²) in [5.41, 5.74) is 2.54. The Balaban J connectivity index is 1.38. The van der Waals surface area contributed by atoms with E-state index in [0.29, 0.717) is 33.9 Å². The summed E-state index contributed by atoms with van der Waals surface area (Å²) in [7, 11) is 0. The van der Waals surface area contributed by atoms with E-state index in [0.717, 1.165) is 10.6 Å². The van der Waals surface area contributed by atoms with Gasteiger partial charge in [-0.15, -0.1) is 0 Å². The van der Waals surface area contributed by atoms with Crippen LogP contribution in [0.2, 0.25) is 0 Å². The highest BCUT2D eigenvalue weighted by atomic mass is 32.1. The Morgan fingerprint density at radius 3 is 2.44 bits per heavy atom. The number of aromatic nitrogens is 3. The van der Waals surface area contributed by atoms with Gasteiger partial charge in [-0.1, -0.05) is 36.0 Å². The predicted molar refractivity (Wildman–Crippen MR) is 121 cm³/mol. The molecule has 4 aromatic rings. The maximum Gasteiger partial charge on any atom is 0.338 e. The van der Waals surface area contributed by atoms with E-state index in [1.54, 1.807) is 36.4 Å². The number of anilines is 1. The molecular weight excluding hydrogens is 428 g/mol. The summed E-state index contributed by atoms with van der Waals surface area (Å²) >= 11 is 1.33. The Kier molecular flexibility index (Phi) is 6.09. The van der Waals surface area contributed by atoms with Gasteiger partial charge in [-0.05, 0) is 49.7 Å². The molecule has 2 aromatic carbocycles. The summed E-state index contributed by atoms with van der Waals surface area (Å²) in [6.45, 7) is 3.77. The van der Waals surface area contributed by atoms with Crippen molar-refractivity contribution in [1.82, 2.24) is 14.6 Å². The Morgan fingerprint density at radius 2 is 1.75 bits per heavy atom. The zero-order valence-corrected chi connectivity index (χ0v) is 18.3. The van der Waals surface area contributed by atoms with Gasteiger partial charge in [0, 0.05) is 17.3 Å². The minimum Gasteiger partial charge on any atom is -0.456 e. The summed E-state index contributed by atoms with van der Waals surface area (Å²) < 4.78 is 6.55. The zero-order chi connectivity index (χ0) is 22.7. The molecule has 0 fully saturated rings. The summed E-state index contributed by atoms with van der Waals surface area (Å²) in [4.78, 5) is 41.7. The van der Waals surface area contributed by atoms with Crippen LogP contribution in [0.15, 0.2) is 59.4 Å². The normalized spacial score (nSPS) is 10.8. The molecule has 0 saturated carbocycles. The van der Waals surface area contributed by atoms with Gasteiger partial charge in [0.15, 0.2) is 0 Å². The number of nitrogens with one attached hydrogen (secondary N) is 1. The number of rotatable bonds is 6. The molecule has 0 bridgehead atoms. The topological polar surface area (TPSA) is 103 Å². The van der Waals surface area contributed by atoms with E-state index in [1.807, 2.05) is 26.0 Å². The number of carbonyl (C=O) groups is 2. The van der Waals surface area contributed by atoms with Crippen LogP contribution in [0.4, 0.5) is 5.69 Å². The molecule has 0 saturated heterocycles. The van der Waals surface area contributed by atoms with Crippen molar-refractivity contribution in [2.45, 2.75) is 26.9 Å². The van der Waals surface area contributed by atoms with Gasteiger partial charge < -0.3 is 10.1 Å². The number of benzene rings is 2. The first-order chi connectivity index (χ1) is 15.4. The molecule has 8 nitrogen and oxygen atoms in total. The van der Waals surface area contributed by atoms with Gasteiger partial charge >= 0.3 is 5.97 Å². The SMILES string of the molecule is CCc1nn2c(=O)cc(COC(=O)c3ccc(NC(=O)c4ccc(C)cc4)cc3)nc2s1. The van der Waals surface area contributed by atoms with Gasteiger partial charge in [0.25, 0.3) is 11.5 Å². The molecule has 32 heavy (non-hydrogen) atoms. The van der Waals surface area contributed by atoms with E-state index < -0.39 is 5.97 Å². The average Bonchev–Trinajstić information content (AvgIpc) is 3.22. The van der Waals surface area contributed by atoms with Crippen LogP contribution >= 0.6 is 11.3 Å². The van der Waals surface area contributed by atoms with E-state index in [2.05, 4.69) is 15.4 Å². The van der Waals surface area contributed by atoms with Crippen molar-refractivity contribution in [3.05, 3.63) is 92.3 Å². The fourth-order valence-corrected chi connectivity index (χ4v) is 3.79. The zero-order valence-electron chi connectivity index (χ0n) is 17.5. The van der Waals surface area contributed by atoms with Crippen molar-refractivity contribution in [2.75, 3.05) is 5.32 Å². The van der Waals surface area contributed by atoms with Gasteiger partial charge in [0.1, 0.15) is 11.6 Å². The second-order valence-electron chi connectivity index (χ2n) is 7.10. The third kappa shape index (κ3) is 4.73. The van der Waals surface area contributed by atoms with Crippen molar-refractivity contribution in [1.29, 1.82) is 0 Å². The maximum absolute atomic E-state index is 12.4. The van der Waals surface area contributed by atoms with Crippen LogP contribution in [0.1, 0.15) is 43.9 Å². The third-order valence-corrected chi connectivity index (χ3v) is 5.74. The molecular formula is C23H20N4O4S. The Hall–Kier alpha value is -3.85. The lowest BCUT2D eigenvalue weighted by Crippen LogP contribution is -2.16. The molecule has 2 aromatic heterocycles. The van der Waals surface area contributed by atoms with E-state index >= 15 is 0 Å². The minimum absolute atomic E-state index is 0.129. The number of esters is 1. The molecule has 0 aliphatic rings. The third-order valence-electron chi connectivity index (χ3n) is 4.69. The molecule has 1 N–H and O–H groups in total. The van der Waals surface area contributed by atoms with Crippen molar-refractivity contribution < 1.29 is 14.3 Å². The molecule has 0 aliphatic heterocycles. The number of ether oxygens (including phenoxy) is 1. The fourth-order valence-electron chi connectivity index (χ4n) is 2.93. The monoisotopic (exact) mass is 448 g/mol. The number of hydrogen-bond donors (Lipinski definition) is 1. The van der Waals surface area contributed by atoms with Gasteiger partial charge in [-0.2, -0.15) is 9.61 Å². The first-order valence-corrected chi connectivity index (χ1v) is 10.8. The maximum atomic E-state index is 12.4. The second kappa shape index (κ2) is 9.11. The standard InChI is InChI=1S/C23H20N4O4S/c1-3-19-26-27-20(28)12-18(25-23(27)32-19)13-31-22(30)16-8-10-17(11-9-16)24-21(29)15-6-4-14(2)5-7-15/h4-12H,3,13H2,1-2H3,(H,24,29). The lowest BCUT2D eigenvalue weighted by molar-refractivity contribution is 0.0467. The Bertz CT molecular complexity index is 1340. The van der Waals surface area contributed by atoms with Crippen LogP contribution in [-0.2, 0) is 17.8 Å². The average molecular weight is 449 g/mol. The quantitative estimate of drug-likeness (QED) is 0.452. The summed E-state index contributed by atoms with van der Waals surface area (Å²) in [6.07, 6.45) is 0.708. The summed E-state index contributed by atoms with van der Waals surface area (Å²) in [5, 5.41) is 7.78. The molecule has 162 valence electrons. The summed E-state index contributed by atoms with van der Waals surface area (Å²) in [6, 6.07) is 14.9. The Labute approximate surface area is 187 Å². The van der Waals surface area contributed by atoms with E-state index in [1.165, 1.54) is 21.9 Å². The molecule has 0 unspecified atom stereocenters.